The Balaban J connectivity index is 1.86. The van der Waals surface area contributed by atoms with Gasteiger partial charge < -0.3 is 10.4 Å². The normalized spacial score (nSPS) is 15.3. The fourth-order valence-electron chi connectivity index (χ4n) is 2.50. The van der Waals surface area contributed by atoms with Crippen LogP contribution in [0.1, 0.15) is 34.6 Å². The number of aromatic nitrogens is 2. The Labute approximate surface area is 131 Å². The van der Waals surface area contributed by atoms with Gasteiger partial charge in [0.2, 0.25) is 0 Å². The van der Waals surface area contributed by atoms with Crippen molar-refractivity contribution >= 4 is 11.9 Å². The molecule has 0 aliphatic heterocycles. The first kappa shape index (κ1) is 15.2. The van der Waals surface area contributed by atoms with Gasteiger partial charge in [-0.2, -0.15) is 5.10 Å². The summed E-state index contributed by atoms with van der Waals surface area (Å²) in [6, 6.07) is 5.84. The average molecular weight is 317 g/mol. The lowest BCUT2D eigenvalue weighted by Gasteiger charge is -2.13. The molecule has 120 valence electrons. The third-order valence-electron chi connectivity index (χ3n) is 3.96. The zero-order valence-corrected chi connectivity index (χ0v) is 12.8. The number of carboxylic acids is 1. The largest absolute Gasteiger partial charge is 0.480 e. The van der Waals surface area contributed by atoms with Crippen LogP contribution in [0.3, 0.4) is 0 Å². The summed E-state index contributed by atoms with van der Waals surface area (Å²) in [5.41, 5.74) is 0.677. The van der Waals surface area contributed by atoms with Gasteiger partial charge in [0.1, 0.15) is 17.0 Å². The van der Waals surface area contributed by atoms with Crippen molar-refractivity contribution < 1.29 is 19.1 Å². The summed E-state index contributed by atoms with van der Waals surface area (Å²) >= 11 is 0. The number of benzene rings is 1. The fourth-order valence-corrected chi connectivity index (χ4v) is 2.50. The van der Waals surface area contributed by atoms with Gasteiger partial charge in [0.15, 0.2) is 0 Å². The molecule has 1 heterocycles. The van der Waals surface area contributed by atoms with Gasteiger partial charge in [0.05, 0.1) is 5.69 Å². The van der Waals surface area contributed by atoms with E-state index in [-0.39, 0.29) is 11.3 Å². The Bertz CT molecular complexity index is 809. The highest BCUT2D eigenvalue weighted by Gasteiger charge is 2.51. The molecule has 0 spiro atoms. The molecule has 1 aromatic heterocycles. The number of aryl methyl sites for hydroxylation is 2. The highest BCUT2D eigenvalue weighted by molar-refractivity contribution is 5.99. The summed E-state index contributed by atoms with van der Waals surface area (Å²) in [5.74, 6) is -2.25. The predicted octanol–water partition coefficient (Wildman–Crippen LogP) is 1.98. The van der Waals surface area contributed by atoms with Gasteiger partial charge in [-0.05, 0) is 51.0 Å². The van der Waals surface area contributed by atoms with Crippen molar-refractivity contribution in [1.29, 1.82) is 0 Å². The van der Waals surface area contributed by atoms with Crippen molar-refractivity contribution in [1.82, 2.24) is 15.1 Å². The second-order valence-electron chi connectivity index (χ2n) is 5.85. The van der Waals surface area contributed by atoms with Crippen molar-refractivity contribution in [2.24, 2.45) is 0 Å². The van der Waals surface area contributed by atoms with E-state index in [2.05, 4.69) is 10.4 Å². The summed E-state index contributed by atoms with van der Waals surface area (Å²) in [4.78, 5) is 23.2. The quantitative estimate of drug-likeness (QED) is 0.903. The molecular weight excluding hydrogens is 301 g/mol. The Morgan fingerprint density at radius 1 is 1.30 bits per heavy atom. The number of rotatable bonds is 4. The van der Waals surface area contributed by atoms with E-state index in [1.807, 2.05) is 19.9 Å². The lowest BCUT2D eigenvalue weighted by Crippen LogP contribution is -2.43. The van der Waals surface area contributed by atoms with Crippen molar-refractivity contribution in [2.75, 3.05) is 0 Å². The molecule has 0 bridgehead atoms. The average Bonchev–Trinajstić information content (AvgIpc) is 3.18. The van der Waals surface area contributed by atoms with Crippen LogP contribution >= 0.6 is 0 Å². The molecule has 3 rings (SSSR count). The maximum absolute atomic E-state index is 14.3. The molecule has 1 aliphatic carbocycles. The highest BCUT2D eigenvalue weighted by atomic mass is 19.1. The van der Waals surface area contributed by atoms with E-state index in [1.165, 1.54) is 16.8 Å². The van der Waals surface area contributed by atoms with Gasteiger partial charge >= 0.3 is 5.97 Å². The predicted molar refractivity (Wildman–Crippen MR) is 80.1 cm³/mol. The van der Waals surface area contributed by atoms with Gasteiger partial charge in [-0.3, -0.25) is 4.79 Å². The van der Waals surface area contributed by atoms with Gasteiger partial charge in [-0.15, -0.1) is 0 Å². The number of carbonyl (C=O) groups excluding carboxylic acids is 1. The van der Waals surface area contributed by atoms with E-state index < -0.39 is 23.2 Å². The summed E-state index contributed by atoms with van der Waals surface area (Å²) in [7, 11) is 0. The van der Waals surface area contributed by atoms with E-state index in [0.717, 1.165) is 17.5 Å². The first-order chi connectivity index (χ1) is 10.8. The molecule has 6 nitrogen and oxygen atoms in total. The van der Waals surface area contributed by atoms with Crippen LogP contribution in [0.4, 0.5) is 4.39 Å². The minimum absolute atomic E-state index is 0.0836. The molecular formula is C16H16FN3O3. The van der Waals surface area contributed by atoms with Crippen LogP contribution in [0, 0.1) is 19.7 Å². The van der Waals surface area contributed by atoms with E-state index in [4.69, 9.17) is 5.11 Å². The molecule has 1 saturated carbocycles. The molecule has 0 atom stereocenters. The number of nitrogens with one attached hydrogen (secondary N) is 1. The van der Waals surface area contributed by atoms with Gasteiger partial charge in [0.25, 0.3) is 5.91 Å². The molecule has 1 amide bonds. The third-order valence-corrected chi connectivity index (χ3v) is 3.96. The van der Waals surface area contributed by atoms with Crippen molar-refractivity contribution in [3.05, 3.63) is 47.0 Å². The summed E-state index contributed by atoms with van der Waals surface area (Å²) < 4.78 is 15.8. The Kier molecular flexibility index (Phi) is 3.43. The summed E-state index contributed by atoms with van der Waals surface area (Å²) in [6.45, 7) is 3.62. The molecule has 0 unspecified atom stereocenters. The molecule has 0 radical (unpaired) electrons. The Hall–Kier alpha value is -2.70. The monoisotopic (exact) mass is 317 g/mol. The fraction of sp³-hybridized carbons (Fsp3) is 0.312. The number of carboxylic acid groups (broad SMARTS) is 1. The first-order valence-electron chi connectivity index (χ1n) is 7.21. The zero-order valence-electron chi connectivity index (χ0n) is 12.8. The van der Waals surface area contributed by atoms with Crippen molar-refractivity contribution in [3.8, 4) is 5.69 Å². The minimum Gasteiger partial charge on any atom is -0.480 e. The standard InChI is InChI=1S/C16H16FN3O3/c1-9-7-10(2)20(19-9)13-4-3-11(8-12(13)17)14(21)18-16(5-6-16)15(22)23/h3-4,7-8H,5-6H2,1-2H3,(H,18,21)(H,22,23). The number of nitrogens with zero attached hydrogens (tertiary/aromatic N) is 2. The number of hydrogen-bond acceptors (Lipinski definition) is 3. The SMILES string of the molecule is Cc1cc(C)n(-c2ccc(C(=O)NC3(C(=O)O)CC3)cc2F)n1. The third kappa shape index (κ3) is 2.69. The van der Waals surface area contributed by atoms with Crippen molar-refractivity contribution in [2.45, 2.75) is 32.2 Å². The van der Waals surface area contributed by atoms with Crippen LogP contribution < -0.4 is 5.32 Å². The van der Waals surface area contributed by atoms with Crippen molar-refractivity contribution in [3.63, 3.8) is 0 Å². The summed E-state index contributed by atoms with van der Waals surface area (Å²) in [5, 5.41) is 15.7. The molecule has 7 heteroatoms. The molecule has 1 fully saturated rings. The lowest BCUT2D eigenvalue weighted by atomic mass is 10.1. The first-order valence-corrected chi connectivity index (χ1v) is 7.21. The van der Waals surface area contributed by atoms with E-state index in [1.54, 1.807) is 0 Å². The second-order valence-corrected chi connectivity index (χ2v) is 5.85. The number of aliphatic carboxylic acids is 1. The zero-order chi connectivity index (χ0) is 16.8. The molecule has 2 N–H and O–H groups in total. The number of halogens is 1. The second kappa shape index (κ2) is 5.19. The van der Waals surface area contributed by atoms with Gasteiger partial charge in [0, 0.05) is 11.3 Å². The minimum atomic E-state index is -1.19. The molecule has 23 heavy (non-hydrogen) atoms. The van der Waals surface area contributed by atoms with Gasteiger partial charge in [-0.25, -0.2) is 13.9 Å². The van der Waals surface area contributed by atoms with Gasteiger partial charge in [-0.1, -0.05) is 0 Å². The van der Waals surface area contributed by atoms with Crippen LogP contribution in [-0.2, 0) is 4.79 Å². The highest BCUT2D eigenvalue weighted by Crippen LogP contribution is 2.35. The lowest BCUT2D eigenvalue weighted by molar-refractivity contribution is -0.140. The number of hydrogen-bond donors (Lipinski definition) is 2. The maximum Gasteiger partial charge on any atom is 0.329 e. The van der Waals surface area contributed by atoms with E-state index >= 15 is 0 Å². The van der Waals surface area contributed by atoms with Crippen LogP contribution in [-0.4, -0.2) is 32.3 Å². The Morgan fingerprint density at radius 2 is 2.00 bits per heavy atom. The smallest absolute Gasteiger partial charge is 0.329 e. The van der Waals surface area contributed by atoms with Crippen LogP contribution in [0.25, 0.3) is 5.69 Å². The Morgan fingerprint density at radius 3 is 2.48 bits per heavy atom. The van der Waals surface area contributed by atoms with Crippen LogP contribution in [0.15, 0.2) is 24.3 Å². The van der Waals surface area contributed by atoms with Crippen LogP contribution in [0.5, 0.6) is 0 Å². The van der Waals surface area contributed by atoms with E-state index in [0.29, 0.717) is 12.8 Å². The molecule has 0 saturated heterocycles. The maximum atomic E-state index is 14.3. The molecule has 1 aromatic carbocycles. The molecule has 1 aliphatic rings. The summed E-state index contributed by atoms with van der Waals surface area (Å²) in [6.07, 6.45) is 0.779. The van der Waals surface area contributed by atoms with Crippen LogP contribution in [0.2, 0.25) is 0 Å². The number of amides is 1. The topological polar surface area (TPSA) is 84.2 Å². The molecule has 2 aromatic rings. The number of carbonyl (C=O) groups is 2. The van der Waals surface area contributed by atoms with E-state index in [9.17, 15) is 14.0 Å².